The molecule has 1 N–H and O–H groups in total. The molecule has 4 rings (SSSR count). The molecule has 1 aliphatic carbocycles. The van der Waals surface area contributed by atoms with E-state index in [1.807, 2.05) is 30.3 Å². The van der Waals surface area contributed by atoms with Gasteiger partial charge in [-0.15, -0.1) is 0 Å². The van der Waals surface area contributed by atoms with Gasteiger partial charge in [0, 0.05) is 14.8 Å². The minimum Gasteiger partial charge on any atom is -0.322 e. The summed E-state index contributed by atoms with van der Waals surface area (Å²) in [6.07, 6.45) is 0.929. The lowest BCUT2D eigenvalue weighted by Crippen LogP contribution is -2.11. The van der Waals surface area contributed by atoms with Crippen molar-refractivity contribution in [1.82, 2.24) is 0 Å². The second-order valence-corrected chi connectivity index (χ2v) is 6.91. The van der Waals surface area contributed by atoms with E-state index in [9.17, 15) is 4.79 Å². The third-order valence-corrected chi connectivity index (χ3v) is 4.88. The van der Waals surface area contributed by atoms with Crippen LogP contribution in [0.1, 0.15) is 21.5 Å². The van der Waals surface area contributed by atoms with Gasteiger partial charge in [0.2, 0.25) is 0 Å². The van der Waals surface area contributed by atoms with Crippen LogP contribution in [-0.4, -0.2) is 5.91 Å². The molecule has 1 amide bonds. The maximum absolute atomic E-state index is 12.3. The van der Waals surface area contributed by atoms with Gasteiger partial charge in [-0.25, -0.2) is 0 Å². The molecule has 0 atom stereocenters. The van der Waals surface area contributed by atoms with Crippen LogP contribution in [0.4, 0.5) is 5.69 Å². The minimum atomic E-state index is -0.0724. The quantitative estimate of drug-likeness (QED) is 0.456. The Morgan fingerprint density at radius 2 is 1.61 bits per heavy atom. The Morgan fingerprint density at radius 3 is 2.43 bits per heavy atom. The zero-order valence-corrected chi connectivity index (χ0v) is 14.5. The van der Waals surface area contributed by atoms with Crippen molar-refractivity contribution in [3.8, 4) is 11.1 Å². The van der Waals surface area contributed by atoms with Gasteiger partial charge in [-0.2, -0.15) is 0 Å². The van der Waals surface area contributed by atoms with Gasteiger partial charge in [-0.3, -0.25) is 4.79 Å². The van der Waals surface area contributed by atoms with Crippen LogP contribution in [0, 0.1) is 3.57 Å². The lowest BCUT2D eigenvalue weighted by atomic mass is 10.1. The van der Waals surface area contributed by atoms with Gasteiger partial charge < -0.3 is 5.32 Å². The highest BCUT2D eigenvalue weighted by atomic mass is 127. The van der Waals surface area contributed by atoms with Gasteiger partial charge >= 0.3 is 0 Å². The SMILES string of the molecule is O=C(Nc1ccc2c(c1)Cc1ccccc1-2)c1ccc(I)cc1. The maximum atomic E-state index is 12.3. The first-order valence-electron chi connectivity index (χ1n) is 7.49. The molecule has 3 aromatic rings. The van der Waals surface area contributed by atoms with Crippen molar-refractivity contribution in [2.24, 2.45) is 0 Å². The summed E-state index contributed by atoms with van der Waals surface area (Å²) in [4.78, 5) is 12.3. The molecular formula is C20H14INO. The molecule has 2 nitrogen and oxygen atoms in total. The molecule has 0 spiro atoms. The number of rotatable bonds is 2. The molecule has 3 aromatic carbocycles. The Morgan fingerprint density at radius 1 is 0.870 bits per heavy atom. The summed E-state index contributed by atoms with van der Waals surface area (Å²) in [6, 6.07) is 22.2. The van der Waals surface area contributed by atoms with Crippen molar-refractivity contribution in [2.75, 3.05) is 5.32 Å². The average molecular weight is 411 g/mol. The van der Waals surface area contributed by atoms with Crippen molar-refractivity contribution in [2.45, 2.75) is 6.42 Å². The molecule has 0 saturated carbocycles. The fourth-order valence-corrected chi connectivity index (χ4v) is 3.39. The largest absolute Gasteiger partial charge is 0.322 e. The van der Waals surface area contributed by atoms with Gasteiger partial charge in [0.1, 0.15) is 0 Å². The standard InChI is InChI=1S/C20H14INO/c21-16-7-5-13(6-8-16)20(23)22-17-9-10-19-15(12-17)11-14-3-1-2-4-18(14)19/h1-10,12H,11H2,(H,22,23). The summed E-state index contributed by atoms with van der Waals surface area (Å²) in [5.74, 6) is -0.0724. The zero-order chi connectivity index (χ0) is 15.8. The van der Waals surface area contributed by atoms with Crippen LogP contribution in [0.3, 0.4) is 0 Å². The average Bonchev–Trinajstić information content (AvgIpc) is 2.93. The summed E-state index contributed by atoms with van der Waals surface area (Å²) in [5, 5.41) is 2.99. The van der Waals surface area contributed by atoms with E-state index in [1.165, 1.54) is 22.3 Å². The van der Waals surface area contributed by atoms with Crippen molar-refractivity contribution in [3.63, 3.8) is 0 Å². The van der Waals surface area contributed by atoms with Crippen LogP contribution < -0.4 is 5.32 Å². The summed E-state index contributed by atoms with van der Waals surface area (Å²) in [5.41, 5.74) is 6.72. The topological polar surface area (TPSA) is 29.1 Å². The molecule has 112 valence electrons. The van der Waals surface area contributed by atoms with E-state index in [4.69, 9.17) is 0 Å². The van der Waals surface area contributed by atoms with Gasteiger partial charge in [0.15, 0.2) is 0 Å². The zero-order valence-electron chi connectivity index (χ0n) is 12.3. The molecule has 1 aliphatic rings. The number of anilines is 1. The number of halogens is 1. The molecule has 0 aromatic heterocycles. The Kier molecular flexibility index (Phi) is 3.65. The molecule has 0 fully saturated rings. The Balaban J connectivity index is 1.59. The summed E-state index contributed by atoms with van der Waals surface area (Å²) >= 11 is 2.23. The molecule has 0 unspecified atom stereocenters. The third-order valence-electron chi connectivity index (χ3n) is 4.16. The van der Waals surface area contributed by atoms with E-state index in [0.717, 1.165) is 15.7 Å². The summed E-state index contributed by atoms with van der Waals surface area (Å²) < 4.78 is 1.12. The Hall–Kier alpha value is -2.14. The van der Waals surface area contributed by atoms with E-state index in [1.54, 1.807) is 0 Å². The van der Waals surface area contributed by atoms with Gasteiger partial charge in [0.25, 0.3) is 5.91 Å². The highest BCUT2D eigenvalue weighted by Crippen LogP contribution is 2.37. The van der Waals surface area contributed by atoms with E-state index < -0.39 is 0 Å². The summed E-state index contributed by atoms with van der Waals surface area (Å²) in [6.45, 7) is 0. The number of carbonyl (C=O) groups excluding carboxylic acids is 1. The van der Waals surface area contributed by atoms with Crippen LogP contribution >= 0.6 is 22.6 Å². The molecule has 0 heterocycles. The Bertz CT molecular complexity index is 900. The number of hydrogen-bond donors (Lipinski definition) is 1. The highest BCUT2D eigenvalue weighted by molar-refractivity contribution is 14.1. The number of carbonyl (C=O) groups is 1. The third kappa shape index (κ3) is 2.77. The Labute approximate surface area is 148 Å². The molecule has 0 radical (unpaired) electrons. The van der Waals surface area contributed by atoms with Crippen LogP contribution in [-0.2, 0) is 6.42 Å². The maximum Gasteiger partial charge on any atom is 0.255 e. The number of hydrogen-bond acceptors (Lipinski definition) is 1. The van der Waals surface area contributed by atoms with Crippen molar-refractivity contribution in [1.29, 1.82) is 0 Å². The highest BCUT2D eigenvalue weighted by Gasteiger charge is 2.18. The second-order valence-electron chi connectivity index (χ2n) is 5.67. The fraction of sp³-hybridized carbons (Fsp3) is 0.0500. The molecule has 3 heteroatoms. The normalized spacial score (nSPS) is 11.7. The predicted molar refractivity (Wildman–Crippen MR) is 102 cm³/mol. The molecule has 23 heavy (non-hydrogen) atoms. The van der Waals surface area contributed by atoms with Crippen LogP contribution in [0.15, 0.2) is 66.7 Å². The number of fused-ring (bicyclic) bond motifs is 3. The van der Waals surface area contributed by atoms with Gasteiger partial charge in [0.05, 0.1) is 0 Å². The first-order chi connectivity index (χ1) is 11.2. The fourth-order valence-electron chi connectivity index (χ4n) is 3.03. The van der Waals surface area contributed by atoms with E-state index in [0.29, 0.717) is 5.56 Å². The van der Waals surface area contributed by atoms with E-state index in [2.05, 4.69) is 64.3 Å². The van der Waals surface area contributed by atoms with E-state index in [-0.39, 0.29) is 5.91 Å². The monoisotopic (exact) mass is 411 g/mol. The summed E-state index contributed by atoms with van der Waals surface area (Å²) in [7, 11) is 0. The van der Waals surface area contributed by atoms with Crippen LogP contribution in [0.25, 0.3) is 11.1 Å². The first kappa shape index (κ1) is 14.5. The van der Waals surface area contributed by atoms with Crippen molar-refractivity contribution < 1.29 is 4.79 Å². The minimum absolute atomic E-state index is 0.0724. The van der Waals surface area contributed by atoms with Gasteiger partial charge in [-0.1, -0.05) is 30.3 Å². The molecular weight excluding hydrogens is 397 g/mol. The van der Waals surface area contributed by atoms with Crippen LogP contribution in [0.5, 0.6) is 0 Å². The number of nitrogens with one attached hydrogen (secondary N) is 1. The second kappa shape index (κ2) is 5.81. The first-order valence-corrected chi connectivity index (χ1v) is 8.57. The molecule has 0 saturated heterocycles. The number of amides is 1. The van der Waals surface area contributed by atoms with Crippen molar-refractivity contribution >= 4 is 34.2 Å². The smallest absolute Gasteiger partial charge is 0.255 e. The van der Waals surface area contributed by atoms with Crippen molar-refractivity contribution in [3.05, 3.63) is 87.0 Å². The predicted octanol–water partition coefficient (Wildman–Crippen LogP) is 5.11. The van der Waals surface area contributed by atoms with Crippen LogP contribution in [0.2, 0.25) is 0 Å². The van der Waals surface area contributed by atoms with E-state index >= 15 is 0 Å². The number of benzene rings is 3. The lowest BCUT2D eigenvalue weighted by Gasteiger charge is -2.08. The lowest BCUT2D eigenvalue weighted by molar-refractivity contribution is 0.102. The molecule has 0 aliphatic heterocycles. The molecule has 0 bridgehead atoms. The van der Waals surface area contributed by atoms with Gasteiger partial charge in [-0.05, 0) is 87.7 Å².